The Morgan fingerprint density at radius 2 is 1.92 bits per heavy atom. The monoisotopic (exact) mass is 168 g/mol. The minimum absolute atomic E-state index is 1.14. The van der Waals surface area contributed by atoms with Crippen molar-refractivity contribution >= 4 is 0 Å². The number of rotatable bonds is 1. The van der Waals surface area contributed by atoms with Gasteiger partial charge in [-0.05, 0) is 19.3 Å². The lowest BCUT2D eigenvalue weighted by atomic mass is 10.2. The molecule has 2 nitrogen and oxygen atoms in total. The van der Waals surface area contributed by atoms with E-state index in [1.54, 1.807) is 0 Å². The highest BCUT2D eigenvalue weighted by Crippen LogP contribution is 2.11. The molecule has 0 aromatic rings. The van der Waals surface area contributed by atoms with Crippen LogP contribution in [0.15, 0.2) is 11.9 Å². The van der Waals surface area contributed by atoms with Gasteiger partial charge in [0.1, 0.15) is 0 Å². The maximum absolute atomic E-state index is 2.37. The quantitative estimate of drug-likeness (QED) is 0.590. The third-order valence-corrected chi connectivity index (χ3v) is 2.48. The largest absolute Gasteiger partial charge is 0.379 e. The second kappa shape index (κ2) is 4.39. The molecule has 2 heteroatoms. The molecule has 1 aliphatic heterocycles. The fraction of sp³-hybridized carbons (Fsp3) is 0.800. The lowest BCUT2D eigenvalue weighted by Gasteiger charge is -2.27. The van der Waals surface area contributed by atoms with Crippen molar-refractivity contribution in [2.24, 2.45) is 0 Å². The van der Waals surface area contributed by atoms with Gasteiger partial charge >= 0.3 is 0 Å². The van der Waals surface area contributed by atoms with Gasteiger partial charge < -0.3 is 9.80 Å². The van der Waals surface area contributed by atoms with Crippen LogP contribution in [0, 0.1) is 0 Å². The average Bonchev–Trinajstić information content (AvgIpc) is 2.05. The number of hydrogen-bond acceptors (Lipinski definition) is 2. The topological polar surface area (TPSA) is 6.48 Å². The van der Waals surface area contributed by atoms with Crippen molar-refractivity contribution in [3.8, 4) is 0 Å². The van der Waals surface area contributed by atoms with Gasteiger partial charge in [-0.15, -0.1) is 0 Å². The highest BCUT2D eigenvalue weighted by Gasteiger charge is 2.06. The van der Waals surface area contributed by atoms with Crippen molar-refractivity contribution in [1.82, 2.24) is 9.80 Å². The predicted molar refractivity (Wildman–Crippen MR) is 52.9 cm³/mol. The third-order valence-electron chi connectivity index (χ3n) is 2.48. The van der Waals surface area contributed by atoms with E-state index in [0.29, 0.717) is 0 Å². The fourth-order valence-electron chi connectivity index (χ4n) is 1.63. The summed E-state index contributed by atoms with van der Waals surface area (Å²) in [5.41, 5.74) is 1.46. The van der Waals surface area contributed by atoms with Crippen molar-refractivity contribution < 1.29 is 0 Å². The Labute approximate surface area is 75.8 Å². The molecule has 0 radical (unpaired) electrons. The highest BCUT2D eigenvalue weighted by molar-refractivity contribution is 4.99. The summed E-state index contributed by atoms with van der Waals surface area (Å²) in [5.74, 6) is 0. The number of nitrogens with zero attached hydrogens (tertiary/aromatic N) is 2. The van der Waals surface area contributed by atoms with Crippen molar-refractivity contribution in [2.75, 3.05) is 27.2 Å². The van der Waals surface area contributed by atoms with E-state index in [-0.39, 0.29) is 0 Å². The van der Waals surface area contributed by atoms with Crippen molar-refractivity contribution in [3.63, 3.8) is 0 Å². The molecule has 1 aliphatic rings. The average molecular weight is 168 g/mol. The minimum Gasteiger partial charge on any atom is -0.379 e. The third kappa shape index (κ3) is 2.43. The zero-order valence-electron chi connectivity index (χ0n) is 8.51. The molecule has 0 fully saturated rings. The molecule has 0 amide bonds. The van der Waals surface area contributed by atoms with Gasteiger partial charge in [0, 0.05) is 39.1 Å². The van der Waals surface area contributed by atoms with Gasteiger partial charge in [0.25, 0.3) is 0 Å². The fourth-order valence-corrected chi connectivity index (χ4v) is 1.63. The lowest BCUT2D eigenvalue weighted by molar-refractivity contribution is 0.328. The second-order valence-electron chi connectivity index (χ2n) is 3.58. The van der Waals surface area contributed by atoms with Crippen molar-refractivity contribution in [1.29, 1.82) is 0 Å². The Morgan fingerprint density at radius 3 is 2.58 bits per heavy atom. The normalized spacial score (nSPS) is 24.4. The Bertz CT molecular complexity index is 163. The first-order valence-electron chi connectivity index (χ1n) is 4.86. The summed E-state index contributed by atoms with van der Waals surface area (Å²) in [6.07, 6.45) is 6.05. The van der Waals surface area contributed by atoms with E-state index in [4.69, 9.17) is 0 Å². The van der Waals surface area contributed by atoms with Gasteiger partial charge in [-0.2, -0.15) is 0 Å². The van der Waals surface area contributed by atoms with Gasteiger partial charge in [-0.1, -0.05) is 6.92 Å². The summed E-state index contributed by atoms with van der Waals surface area (Å²) < 4.78 is 0. The second-order valence-corrected chi connectivity index (χ2v) is 3.58. The van der Waals surface area contributed by atoms with Crippen LogP contribution in [0.5, 0.6) is 0 Å². The van der Waals surface area contributed by atoms with Crippen LogP contribution < -0.4 is 0 Å². The molecule has 0 unspecified atom stereocenters. The SMILES string of the molecule is CC/C1=C/N(C)CCCCN1C. The number of allylic oxidation sites excluding steroid dienone is 1. The van der Waals surface area contributed by atoms with Crippen molar-refractivity contribution in [2.45, 2.75) is 26.2 Å². The first-order valence-corrected chi connectivity index (χ1v) is 4.86. The first-order chi connectivity index (χ1) is 5.74. The van der Waals surface area contributed by atoms with Gasteiger partial charge in [0.2, 0.25) is 0 Å². The minimum atomic E-state index is 1.14. The van der Waals surface area contributed by atoms with Crippen LogP contribution in [0.3, 0.4) is 0 Å². The van der Waals surface area contributed by atoms with Gasteiger partial charge in [0.15, 0.2) is 0 Å². The molecule has 0 spiro atoms. The molecule has 0 aromatic carbocycles. The molecular formula is C10H20N2. The van der Waals surface area contributed by atoms with E-state index < -0.39 is 0 Å². The Hall–Kier alpha value is -0.660. The van der Waals surface area contributed by atoms with E-state index in [2.05, 4.69) is 37.0 Å². The summed E-state index contributed by atoms with van der Waals surface area (Å²) in [5, 5.41) is 0. The molecule has 0 aliphatic carbocycles. The van der Waals surface area contributed by atoms with Crippen LogP contribution in [-0.4, -0.2) is 37.0 Å². The van der Waals surface area contributed by atoms with E-state index in [1.165, 1.54) is 31.6 Å². The molecule has 0 bridgehead atoms. The molecule has 1 rings (SSSR count). The molecule has 70 valence electrons. The molecular weight excluding hydrogens is 148 g/mol. The molecule has 0 saturated heterocycles. The first kappa shape index (κ1) is 9.43. The standard InChI is InChI=1S/C10H20N2/c1-4-10-9-11(2)7-5-6-8-12(10)3/h9H,4-8H2,1-3H3/b10-9-. The Balaban J connectivity index is 2.65. The number of hydrogen-bond donors (Lipinski definition) is 0. The summed E-state index contributed by atoms with van der Waals surface area (Å²) in [7, 11) is 4.35. The summed E-state index contributed by atoms with van der Waals surface area (Å²) in [4.78, 5) is 4.67. The van der Waals surface area contributed by atoms with Gasteiger partial charge in [0.05, 0.1) is 0 Å². The van der Waals surface area contributed by atoms with Crippen LogP contribution >= 0.6 is 0 Å². The van der Waals surface area contributed by atoms with Gasteiger partial charge in [-0.3, -0.25) is 0 Å². The summed E-state index contributed by atoms with van der Waals surface area (Å²) in [6, 6.07) is 0. The highest BCUT2D eigenvalue weighted by atomic mass is 15.2. The Morgan fingerprint density at radius 1 is 1.25 bits per heavy atom. The van der Waals surface area contributed by atoms with Crippen molar-refractivity contribution in [3.05, 3.63) is 11.9 Å². The summed E-state index contributed by atoms with van der Waals surface area (Å²) >= 11 is 0. The van der Waals surface area contributed by atoms with Crippen LogP contribution in [-0.2, 0) is 0 Å². The van der Waals surface area contributed by atoms with E-state index in [9.17, 15) is 0 Å². The van der Waals surface area contributed by atoms with E-state index >= 15 is 0 Å². The smallest absolute Gasteiger partial charge is 0.0289 e. The van der Waals surface area contributed by atoms with Gasteiger partial charge in [-0.25, -0.2) is 0 Å². The summed E-state index contributed by atoms with van der Waals surface area (Å²) in [6.45, 7) is 4.64. The van der Waals surface area contributed by atoms with Crippen LogP contribution in [0.1, 0.15) is 26.2 Å². The van der Waals surface area contributed by atoms with Crippen LogP contribution in [0.4, 0.5) is 0 Å². The van der Waals surface area contributed by atoms with E-state index in [0.717, 1.165) is 6.42 Å². The lowest BCUT2D eigenvalue weighted by Crippen LogP contribution is -2.26. The molecule has 0 saturated carbocycles. The Kier molecular flexibility index (Phi) is 3.45. The zero-order chi connectivity index (χ0) is 8.97. The molecule has 1 heterocycles. The zero-order valence-corrected chi connectivity index (χ0v) is 8.51. The van der Waals surface area contributed by atoms with Crippen LogP contribution in [0.25, 0.3) is 0 Å². The maximum atomic E-state index is 2.37. The molecule has 0 aromatic heterocycles. The predicted octanol–water partition coefficient (Wildman–Crippen LogP) is 1.90. The maximum Gasteiger partial charge on any atom is 0.0289 e. The van der Waals surface area contributed by atoms with E-state index in [1.807, 2.05) is 0 Å². The molecule has 0 atom stereocenters. The molecule has 0 N–H and O–H groups in total. The molecule has 12 heavy (non-hydrogen) atoms. The van der Waals surface area contributed by atoms with Crippen LogP contribution in [0.2, 0.25) is 0 Å².